The Morgan fingerprint density at radius 2 is 1.71 bits per heavy atom. The second-order valence-corrected chi connectivity index (χ2v) is 4.73. The first-order valence-corrected chi connectivity index (χ1v) is 5.32. The average Bonchev–Trinajstić information content (AvgIpc) is 1.77. The lowest BCUT2D eigenvalue weighted by molar-refractivity contribution is -0.137. The molecule has 0 aromatic heterocycles. The van der Waals surface area contributed by atoms with Crippen molar-refractivity contribution in [3.8, 4) is 0 Å². The number of rotatable bonds is 4. The summed E-state index contributed by atoms with van der Waals surface area (Å²) in [5.74, 6) is -3.24. The number of carboxylic acids is 1. The van der Waals surface area contributed by atoms with E-state index in [1.807, 2.05) is 0 Å². The van der Waals surface area contributed by atoms with Crippen LogP contribution < -0.4 is 0 Å². The normalized spacial score (nSPS) is 13.7. The van der Waals surface area contributed by atoms with Crippen LogP contribution in [0.1, 0.15) is 20.8 Å². The van der Waals surface area contributed by atoms with Crippen LogP contribution in [0.15, 0.2) is 0 Å². The van der Waals surface area contributed by atoms with Gasteiger partial charge >= 0.3 is 22.1 Å². The van der Waals surface area contributed by atoms with E-state index in [4.69, 9.17) is 5.11 Å². The summed E-state index contributed by atoms with van der Waals surface area (Å²) in [6.07, 6.45) is 0. The van der Waals surface area contributed by atoms with E-state index in [0.717, 1.165) is 6.92 Å². The van der Waals surface area contributed by atoms with Gasteiger partial charge in [-0.3, -0.25) is 9.59 Å². The molecule has 0 saturated heterocycles. The summed E-state index contributed by atoms with van der Waals surface area (Å²) in [4.78, 5) is 21.0. The van der Waals surface area contributed by atoms with E-state index in [9.17, 15) is 18.0 Å². The predicted octanol–water partition coefficient (Wildman–Crippen LogP) is -0.0115. The second-order valence-electron chi connectivity index (χ2n) is 3.07. The minimum atomic E-state index is -4.37. The van der Waals surface area contributed by atoms with Crippen LogP contribution in [-0.4, -0.2) is 30.7 Å². The van der Waals surface area contributed by atoms with Crippen molar-refractivity contribution < 1.29 is 27.3 Å². The molecule has 1 atom stereocenters. The Labute approximate surface area is 82.0 Å². The highest BCUT2D eigenvalue weighted by atomic mass is 32.2. The Bertz CT molecular complexity index is 328. The van der Waals surface area contributed by atoms with Crippen LogP contribution in [0.3, 0.4) is 0 Å². The SMILES string of the molecule is CC(=O)OS(=O)(=O)C(C(=O)O)C(C)C. The third-order valence-electron chi connectivity index (χ3n) is 1.39. The van der Waals surface area contributed by atoms with E-state index in [-0.39, 0.29) is 0 Å². The Morgan fingerprint density at radius 3 is 1.93 bits per heavy atom. The van der Waals surface area contributed by atoms with E-state index < -0.39 is 33.2 Å². The fraction of sp³-hybridized carbons (Fsp3) is 0.714. The van der Waals surface area contributed by atoms with Crippen molar-refractivity contribution in [3.05, 3.63) is 0 Å². The van der Waals surface area contributed by atoms with E-state index >= 15 is 0 Å². The van der Waals surface area contributed by atoms with Gasteiger partial charge < -0.3 is 9.29 Å². The predicted molar refractivity (Wildman–Crippen MR) is 46.9 cm³/mol. The summed E-state index contributed by atoms with van der Waals surface area (Å²) < 4.78 is 26.4. The summed E-state index contributed by atoms with van der Waals surface area (Å²) in [5.41, 5.74) is 0. The number of carbonyl (C=O) groups excluding carboxylic acids is 1. The molecule has 0 aromatic rings. The molecular weight excluding hydrogens is 212 g/mol. The molecule has 0 bridgehead atoms. The Morgan fingerprint density at radius 1 is 1.29 bits per heavy atom. The lowest BCUT2D eigenvalue weighted by atomic mass is 10.1. The van der Waals surface area contributed by atoms with Gasteiger partial charge in [0.1, 0.15) is 0 Å². The second kappa shape index (κ2) is 4.41. The molecular formula is C7H12O6S. The number of aliphatic carboxylic acids is 1. The third-order valence-corrected chi connectivity index (χ3v) is 3.23. The summed E-state index contributed by atoms with van der Waals surface area (Å²) in [6, 6.07) is 0. The molecule has 0 radical (unpaired) electrons. The summed E-state index contributed by atoms with van der Waals surface area (Å²) in [7, 11) is -4.37. The molecule has 82 valence electrons. The number of carbonyl (C=O) groups is 2. The highest BCUT2D eigenvalue weighted by molar-refractivity contribution is 7.88. The van der Waals surface area contributed by atoms with Crippen LogP contribution in [0.2, 0.25) is 0 Å². The fourth-order valence-electron chi connectivity index (χ4n) is 0.957. The largest absolute Gasteiger partial charge is 0.480 e. The van der Waals surface area contributed by atoms with Crippen LogP contribution >= 0.6 is 0 Å². The van der Waals surface area contributed by atoms with Crippen LogP contribution in [0, 0.1) is 5.92 Å². The summed E-state index contributed by atoms with van der Waals surface area (Å²) >= 11 is 0. The molecule has 1 N–H and O–H groups in total. The number of hydrogen-bond donors (Lipinski definition) is 1. The number of hydrogen-bond acceptors (Lipinski definition) is 5. The summed E-state index contributed by atoms with van der Waals surface area (Å²) in [6.45, 7) is 3.73. The topological polar surface area (TPSA) is 97.7 Å². The minimum Gasteiger partial charge on any atom is -0.480 e. The molecule has 0 rings (SSSR count). The molecule has 0 amide bonds. The van der Waals surface area contributed by atoms with Gasteiger partial charge in [0.05, 0.1) is 0 Å². The molecule has 0 aliphatic rings. The molecule has 0 aromatic carbocycles. The number of carboxylic acid groups (broad SMARTS) is 1. The smallest absolute Gasteiger partial charge is 0.325 e. The van der Waals surface area contributed by atoms with Crippen LogP contribution in [0.25, 0.3) is 0 Å². The van der Waals surface area contributed by atoms with Crippen molar-refractivity contribution in [3.63, 3.8) is 0 Å². The van der Waals surface area contributed by atoms with E-state index in [0.29, 0.717) is 0 Å². The first-order valence-electron chi connectivity index (χ1n) is 3.85. The molecule has 6 nitrogen and oxygen atoms in total. The third kappa shape index (κ3) is 3.33. The zero-order chi connectivity index (χ0) is 11.5. The monoisotopic (exact) mass is 224 g/mol. The molecule has 0 fully saturated rings. The van der Waals surface area contributed by atoms with Crippen molar-refractivity contribution in [2.45, 2.75) is 26.0 Å². The molecule has 7 heteroatoms. The molecule has 0 aliphatic heterocycles. The van der Waals surface area contributed by atoms with Gasteiger partial charge in [0, 0.05) is 6.92 Å². The van der Waals surface area contributed by atoms with E-state index in [2.05, 4.69) is 4.18 Å². The lowest BCUT2D eigenvalue weighted by Crippen LogP contribution is -2.36. The Kier molecular flexibility index (Phi) is 4.06. The first kappa shape index (κ1) is 12.9. The van der Waals surface area contributed by atoms with E-state index in [1.165, 1.54) is 13.8 Å². The van der Waals surface area contributed by atoms with Gasteiger partial charge in [-0.05, 0) is 5.92 Å². The maximum atomic E-state index is 11.2. The van der Waals surface area contributed by atoms with Crippen molar-refractivity contribution in [1.29, 1.82) is 0 Å². The molecule has 0 saturated carbocycles. The highest BCUT2D eigenvalue weighted by Gasteiger charge is 2.37. The lowest BCUT2D eigenvalue weighted by Gasteiger charge is -2.15. The molecule has 0 aliphatic carbocycles. The van der Waals surface area contributed by atoms with Crippen molar-refractivity contribution >= 4 is 22.1 Å². The van der Waals surface area contributed by atoms with Crippen LogP contribution in [0.5, 0.6) is 0 Å². The Hall–Kier alpha value is -1.11. The van der Waals surface area contributed by atoms with E-state index in [1.54, 1.807) is 0 Å². The first-order chi connectivity index (χ1) is 6.18. The van der Waals surface area contributed by atoms with Crippen molar-refractivity contribution in [1.82, 2.24) is 0 Å². The maximum absolute atomic E-state index is 11.2. The fourth-order valence-corrected chi connectivity index (χ4v) is 2.30. The van der Waals surface area contributed by atoms with Gasteiger partial charge in [-0.2, -0.15) is 8.42 Å². The van der Waals surface area contributed by atoms with Gasteiger partial charge in [-0.25, -0.2) is 0 Å². The summed E-state index contributed by atoms with van der Waals surface area (Å²) in [5, 5.41) is 6.91. The molecule has 14 heavy (non-hydrogen) atoms. The maximum Gasteiger partial charge on any atom is 0.325 e. The van der Waals surface area contributed by atoms with Gasteiger partial charge in [0.15, 0.2) is 5.25 Å². The van der Waals surface area contributed by atoms with Gasteiger partial charge in [-0.15, -0.1) is 0 Å². The zero-order valence-electron chi connectivity index (χ0n) is 8.05. The van der Waals surface area contributed by atoms with Crippen LogP contribution in [-0.2, 0) is 23.9 Å². The molecule has 0 heterocycles. The van der Waals surface area contributed by atoms with Gasteiger partial charge in [0.25, 0.3) is 0 Å². The molecule has 0 spiro atoms. The van der Waals surface area contributed by atoms with Crippen LogP contribution in [0.4, 0.5) is 0 Å². The highest BCUT2D eigenvalue weighted by Crippen LogP contribution is 2.14. The quantitative estimate of drug-likeness (QED) is 0.674. The molecule has 1 unspecified atom stereocenters. The van der Waals surface area contributed by atoms with Crippen molar-refractivity contribution in [2.24, 2.45) is 5.92 Å². The van der Waals surface area contributed by atoms with Gasteiger partial charge in [-0.1, -0.05) is 13.8 Å². The van der Waals surface area contributed by atoms with Gasteiger partial charge in [0.2, 0.25) is 0 Å². The average molecular weight is 224 g/mol. The minimum absolute atomic E-state index is 0.670. The zero-order valence-corrected chi connectivity index (χ0v) is 8.87. The van der Waals surface area contributed by atoms with Crippen molar-refractivity contribution in [2.75, 3.05) is 0 Å². The Balaban J connectivity index is 5.02. The standard InChI is InChI=1S/C7H12O6S/c1-4(2)6(7(9)10)14(11,12)13-5(3)8/h4,6H,1-3H3,(H,9,10).